The molecule has 3 aromatic carbocycles. The molecule has 3 rings (SSSR count). The lowest BCUT2D eigenvalue weighted by molar-refractivity contribution is -0.143. The van der Waals surface area contributed by atoms with E-state index in [2.05, 4.69) is 5.32 Å². The van der Waals surface area contributed by atoms with Gasteiger partial charge in [0.2, 0.25) is 5.91 Å². The van der Waals surface area contributed by atoms with E-state index in [-0.39, 0.29) is 31.5 Å². The number of hydrogen-bond donors (Lipinski definition) is 1. The van der Waals surface area contributed by atoms with Crippen LogP contribution in [-0.4, -0.2) is 42.5 Å². The van der Waals surface area contributed by atoms with Gasteiger partial charge in [0.1, 0.15) is 23.4 Å². The van der Waals surface area contributed by atoms with Gasteiger partial charge in [-0.1, -0.05) is 55.5 Å². The second-order valence-electron chi connectivity index (χ2n) is 8.60. The van der Waals surface area contributed by atoms with Gasteiger partial charge in [0.05, 0.1) is 7.11 Å². The second kappa shape index (κ2) is 13.3. The molecule has 0 radical (unpaired) electrons. The molecule has 0 saturated heterocycles. The van der Waals surface area contributed by atoms with E-state index >= 15 is 0 Å². The van der Waals surface area contributed by atoms with Crippen molar-refractivity contribution in [3.8, 4) is 11.5 Å². The fourth-order valence-electron chi connectivity index (χ4n) is 3.71. The van der Waals surface area contributed by atoms with Crippen molar-refractivity contribution in [2.75, 3.05) is 13.7 Å². The third-order valence-corrected chi connectivity index (χ3v) is 5.99. The highest BCUT2D eigenvalue weighted by Gasteiger charge is 2.31. The topological polar surface area (TPSA) is 67.9 Å². The van der Waals surface area contributed by atoms with E-state index in [1.807, 2.05) is 44.2 Å². The van der Waals surface area contributed by atoms with Crippen LogP contribution in [0.15, 0.2) is 78.9 Å². The van der Waals surface area contributed by atoms with Crippen LogP contribution in [0.3, 0.4) is 0 Å². The molecular weight excluding hydrogens is 459 g/mol. The molecule has 36 heavy (non-hydrogen) atoms. The monoisotopic (exact) mass is 492 g/mol. The van der Waals surface area contributed by atoms with Crippen LogP contribution in [-0.2, 0) is 22.6 Å². The van der Waals surface area contributed by atoms with Crippen LogP contribution in [0.4, 0.5) is 4.39 Å². The molecule has 0 bridgehead atoms. The summed E-state index contributed by atoms with van der Waals surface area (Å²) < 4.78 is 25.5. The first-order chi connectivity index (χ1) is 17.4. The normalized spacial score (nSPS) is 12.3. The summed E-state index contributed by atoms with van der Waals surface area (Å²) in [6.45, 7) is 3.51. The summed E-state index contributed by atoms with van der Waals surface area (Å²) in [4.78, 5) is 28.4. The Morgan fingerprint density at radius 1 is 0.944 bits per heavy atom. The maximum absolute atomic E-state index is 14.6. The van der Waals surface area contributed by atoms with Gasteiger partial charge in [-0.15, -0.1) is 0 Å². The van der Waals surface area contributed by atoms with E-state index < -0.39 is 17.8 Å². The van der Waals surface area contributed by atoms with Gasteiger partial charge in [0, 0.05) is 24.6 Å². The lowest BCUT2D eigenvalue weighted by Gasteiger charge is -2.32. The molecule has 2 unspecified atom stereocenters. The number of benzene rings is 3. The van der Waals surface area contributed by atoms with Crippen molar-refractivity contribution < 1.29 is 23.5 Å². The highest BCUT2D eigenvalue weighted by molar-refractivity contribution is 5.88. The van der Waals surface area contributed by atoms with Crippen molar-refractivity contribution in [1.29, 1.82) is 0 Å². The summed E-state index contributed by atoms with van der Waals surface area (Å²) in [5.41, 5.74) is 1.22. The SMILES string of the molecule is CCC(C)NC(=O)C(Cc1ccccc1)N(Cc1ccccc1F)C(=O)COc1ccc(OC)cc1. The summed E-state index contributed by atoms with van der Waals surface area (Å²) >= 11 is 0. The second-order valence-corrected chi connectivity index (χ2v) is 8.60. The smallest absolute Gasteiger partial charge is 0.261 e. The maximum Gasteiger partial charge on any atom is 0.261 e. The molecule has 6 nitrogen and oxygen atoms in total. The first-order valence-corrected chi connectivity index (χ1v) is 12.0. The van der Waals surface area contributed by atoms with Crippen molar-refractivity contribution in [2.45, 2.75) is 45.3 Å². The van der Waals surface area contributed by atoms with Crippen LogP contribution in [0.25, 0.3) is 0 Å². The zero-order valence-corrected chi connectivity index (χ0v) is 20.9. The molecular formula is C29H33FN2O4. The lowest BCUT2D eigenvalue weighted by Crippen LogP contribution is -2.53. The quantitative estimate of drug-likeness (QED) is 0.396. The Hall–Kier alpha value is -3.87. The van der Waals surface area contributed by atoms with Crippen molar-refractivity contribution in [1.82, 2.24) is 10.2 Å². The summed E-state index contributed by atoms with van der Waals surface area (Å²) in [5, 5.41) is 2.99. The van der Waals surface area contributed by atoms with Crippen LogP contribution < -0.4 is 14.8 Å². The van der Waals surface area contributed by atoms with Crippen molar-refractivity contribution in [3.63, 3.8) is 0 Å². The van der Waals surface area contributed by atoms with Crippen LogP contribution in [0.2, 0.25) is 0 Å². The number of amides is 2. The van der Waals surface area contributed by atoms with Crippen LogP contribution in [0.5, 0.6) is 11.5 Å². The number of carbonyl (C=O) groups is 2. The fraction of sp³-hybridized carbons (Fsp3) is 0.310. The minimum Gasteiger partial charge on any atom is -0.497 e. The third-order valence-electron chi connectivity index (χ3n) is 5.99. The van der Waals surface area contributed by atoms with Crippen molar-refractivity contribution in [2.24, 2.45) is 0 Å². The zero-order valence-electron chi connectivity index (χ0n) is 20.9. The standard InChI is InChI=1S/C29H33FN2O4/c1-4-21(2)31-29(34)27(18-22-10-6-5-7-11-22)32(19-23-12-8-9-13-26(23)30)28(33)20-36-25-16-14-24(35-3)15-17-25/h5-17,21,27H,4,18-20H2,1-3H3,(H,31,34). The molecule has 3 aromatic rings. The lowest BCUT2D eigenvalue weighted by atomic mass is 10.0. The molecule has 7 heteroatoms. The number of methoxy groups -OCH3 is 1. The van der Waals surface area contributed by atoms with Gasteiger partial charge >= 0.3 is 0 Å². The Labute approximate surface area is 212 Å². The van der Waals surface area contributed by atoms with Crippen LogP contribution in [0.1, 0.15) is 31.4 Å². The van der Waals surface area contributed by atoms with E-state index in [4.69, 9.17) is 9.47 Å². The zero-order chi connectivity index (χ0) is 25.9. The average Bonchev–Trinajstić information content (AvgIpc) is 2.91. The Morgan fingerprint density at radius 3 is 2.22 bits per heavy atom. The molecule has 0 spiro atoms. The summed E-state index contributed by atoms with van der Waals surface area (Å²) in [6, 6.07) is 21.7. The molecule has 1 N–H and O–H groups in total. The maximum atomic E-state index is 14.6. The van der Waals surface area contributed by atoms with Gasteiger partial charge in [-0.2, -0.15) is 0 Å². The van der Waals surface area contributed by atoms with Gasteiger partial charge in [-0.3, -0.25) is 9.59 Å². The third kappa shape index (κ3) is 7.57. The molecule has 0 aliphatic rings. The highest BCUT2D eigenvalue weighted by atomic mass is 19.1. The van der Waals surface area contributed by atoms with Gasteiger partial charge in [-0.25, -0.2) is 4.39 Å². The van der Waals surface area contributed by atoms with Crippen LogP contribution in [0, 0.1) is 5.82 Å². The summed E-state index contributed by atoms with van der Waals surface area (Å²) in [6.07, 6.45) is 1.03. The van der Waals surface area contributed by atoms with Crippen molar-refractivity contribution >= 4 is 11.8 Å². The van der Waals surface area contributed by atoms with E-state index in [9.17, 15) is 14.0 Å². The van der Waals surface area contributed by atoms with Gasteiger partial charge < -0.3 is 19.7 Å². The van der Waals surface area contributed by atoms with Crippen LogP contribution >= 0.6 is 0 Å². The number of halogens is 1. The Balaban J connectivity index is 1.90. The molecule has 0 aliphatic heterocycles. The molecule has 2 amide bonds. The molecule has 0 fully saturated rings. The highest BCUT2D eigenvalue weighted by Crippen LogP contribution is 2.20. The fourth-order valence-corrected chi connectivity index (χ4v) is 3.71. The predicted octanol–water partition coefficient (Wildman–Crippen LogP) is 4.77. The van der Waals surface area contributed by atoms with Gasteiger partial charge in [-0.05, 0) is 49.2 Å². The predicted molar refractivity (Wildman–Crippen MR) is 137 cm³/mol. The first kappa shape index (κ1) is 26.7. The largest absolute Gasteiger partial charge is 0.497 e. The van der Waals surface area contributed by atoms with E-state index in [1.165, 1.54) is 11.0 Å². The average molecular weight is 493 g/mol. The molecule has 0 aromatic heterocycles. The molecule has 2 atom stereocenters. The first-order valence-electron chi connectivity index (χ1n) is 12.0. The summed E-state index contributed by atoms with van der Waals surface area (Å²) in [7, 11) is 1.57. The molecule has 190 valence electrons. The molecule has 0 saturated carbocycles. The minimum atomic E-state index is -0.854. The number of carbonyl (C=O) groups excluding carboxylic acids is 2. The number of rotatable bonds is 12. The van der Waals surface area contributed by atoms with E-state index in [0.717, 1.165) is 12.0 Å². The Kier molecular flexibility index (Phi) is 9.86. The minimum absolute atomic E-state index is 0.0666. The Bertz CT molecular complexity index is 1120. The number of hydrogen-bond acceptors (Lipinski definition) is 4. The van der Waals surface area contributed by atoms with E-state index in [0.29, 0.717) is 17.1 Å². The number of nitrogens with one attached hydrogen (secondary N) is 1. The van der Waals surface area contributed by atoms with Crippen molar-refractivity contribution in [3.05, 3.63) is 95.8 Å². The van der Waals surface area contributed by atoms with Gasteiger partial charge in [0.15, 0.2) is 6.61 Å². The van der Waals surface area contributed by atoms with Gasteiger partial charge in [0.25, 0.3) is 5.91 Å². The molecule has 0 heterocycles. The summed E-state index contributed by atoms with van der Waals surface area (Å²) in [5.74, 6) is 0.00182. The Morgan fingerprint density at radius 2 is 1.58 bits per heavy atom. The van der Waals surface area contributed by atoms with E-state index in [1.54, 1.807) is 49.6 Å². The number of ether oxygens (including phenoxy) is 2. The molecule has 0 aliphatic carbocycles. The number of nitrogens with zero attached hydrogens (tertiary/aromatic N) is 1.